The Morgan fingerprint density at radius 3 is 2.30 bits per heavy atom. The first-order valence-electron chi connectivity index (χ1n) is 7.35. The Morgan fingerprint density at radius 2 is 1.78 bits per heavy atom. The van der Waals surface area contributed by atoms with Crippen LogP contribution < -0.4 is 14.8 Å². The van der Waals surface area contributed by atoms with Crippen molar-refractivity contribution < 1.29 is 9.90 Å². The SMILES string of the molecule is Cc1cc(/C=c2/s/c(=C\C(=O)C(C)(C)C)[nH]c2=O)cc(C)c1O. The van der Waals surface area contributed by atoms with Crippen molar-refractivity contribution in [1.82, 2.24) is 4.98 Å². The van der Waals surface area contributed by atoms with Crippen LogP contribution >= 0.6 is 11.3 Å². The number of Topliss-reactive ketones (excluding diaryl/α,β-unsaturated/α-hetero) is 1. The van der Waals surface area contributed by atoms with Gasteiger partial charge < -0.3 is 10.1 Å². The molecule has 0 radical (unpaired) electrons. The summed E-state index contributed by atoms with van der Waals surface area (Å²) in [6.07, 6.45) is 3.25. The first kappa shape index (κ1) is 17.2. The number of aromatic nitrogens is 1. The Hall–Kier alpha value is -2.14. The largest absolute Gasteiger partial charge is 0.507 e. The van der Waals surface area contributed by atoms with Gasteiger partial charge in [0.25, 0.3) is 5.56 Å². The van der Waals surface area contributed by atoms with E-state index in [1.807, 2.05) is 46.8 Å². The quantitative estimate of drug-likeness (QED) is 0.884. The fraction of sp³-hybridized carbons (Fsp3) is 0.333. The van der Waals surface area contributed by atoms with Crippen LogP contribution in [0, 0.1) is 19.3 Å². The van der Waals surface area contributed by atoms with E-state index < -0.39 is 5.41 Å². The van der Waals surface area contributed by atoms with Gasteiger partial charge in [-0.25, -0.2) is 0 Å². The fourth-order valence-corrected chi connectivity index (χ4v) is 2.97. The summed E-state index contributed by atoms with van der Waals surface area (Å²) in [7, 11) is 0. The molecule has 0 unspecified atom stereocenters. The molecule has 1 heterocycles. The van der Waals surface area contributed by atoms with Crippen LogP contribution in [-0.4, -0.2) is 15.9 Å². The Kier molecular flexibility index (Phi) is 4.61. The smallest absolute Gasteiger partial charge is 0.266 e. The average Bonchev–Trinajstić information content (AvgIpc) is 2.75. The van der Waals surface area contributed by atoms with Gasteiger partial charge in [0.15, 0.2) is 5.78 Å². The molecule has 4 nitrogen and oxygen atoms in total. The first-order chi connectivity index (χ1) is 10.6. The number of phenols is 1. The van der Waals surface area contributed by atoms with E-state index in [1.165, 1.54) is 17.4 Å². The zero-order valence-electron chi connectivity index (χ0n) is 14.0. The minimum absolute atomic E-state index is 0.0297. The maximum Gasteiger partial charge on any atom is 0.266 e. The van der Waals surface area contributed by atoms with Crippen molar-refractivity contribution >= 4 is 29.3 Å². The summed E-state index contributed by atoms with van der Waals surface area (Å²) >= 11 is 1.25. The molecule has 23 heavy (non-hydrogen) atoms. The zero-order valence-corrected chi connectivity index (χ0v) is 14.8. The second-order valence-electron chi connectivity index (χ2n) is 6.69. The molecule has 0 aliphatic rings. The summed E-state index contributed by atoms with van der Waals surface area (Å²) in [6, 6.07) is 3.65. The predicted octanol–water partition coefficient (Wildman–Crippen LogP) is 1.98. The third-order valence-electron chi connectivity index (χ3n) is 3.49. The zero-order chi connectivity index (χ0) is 17.4. The van der Waals surface area contributed by atoms with Crippen molar-refractivity contribution in [3.05, 3.63) is 48.4 Å². The summed E-state index contributed by atoms with van der Waals surface area (Å²) in [6.45, 7) is 9.16. The number of benzene rings is 1. The van der Waals surface area contributed by atoms with Gasteiger partial charge in [0.2, 0.25) is 0 Å². The van der Waals surface area contributed by atoms with Gasteiger partial charge in [-0.05, 0) is 48.7 Å². The lowest BCUT2D eigenvalue weighted by Crippen LogP contribution is -2.22. The lowest BCUT2D eigenvalue weighted by atomic mass is 9.91. The molecule has 0 atom stereocenters. The highest BCUT2D eigenvalue weighted by atomic mass is 32.1. The molecule has 2 rings (SSSR count). The van der Waals surface area contributed by atoms with Gasteiger partial charge in [-0.1, -0.05) is 20.8 Å². The second-order valence-corrected chi connectivity index (χ2v) is 7.77. The first-order valence-corrected chi connectivity index (χ1v) is 8.17. The number of phenolic OH excluding ortho intramolecular Hbond substituents is 1. The standard InChI is InChI=1S/C18H21NO3S/c1-10-6-12(7-11(2)16(10)21)8-13-17(22)19-15(23-13)9-14(20)18(3,4)5/h6-9,21H,1-5H3,(H,19,22)/b13-8+,15-9-. The number of aryl methyl sites for hydroxylation is 2. The average molecular weight is 331 g/mol. The number of nitrogens with one attached hydrogen (secondary N) is 1. The Labute approximate surface area is 138 Å². The van der Waals surface area contributed by atoms with Crippen LogP contribution in [0.5, 0.6) is 5.75 Å². The van der Waals surface area contributed by atoms with Gasteiger partial charge in [0.05, 0.1) is 9.20 Å². The molecular formula is C18H21NO3S. The van der Waals surface area contributed by atoms with Crippen LogP contribution in [0.1, 0.15) is 37.5 Å². The molecule has 1 aromatic heterocycles. The van der Waals surface area contributed by atoms with E-state index in [9.17, 15) is 14.7 Å². The number of aromatic hydroxyl groups is 1. The van der Waals surface area contributed by atoms with Gasteiger partial charge in [-0.15, -0.1) is 11.3 Å². The minimum atomic E-state index is -0.476. The lowest BCUT2D eigenvalue weighted by molar-refractivity contribution is -0.119. The normalized spacial score (nSPS) is 13.6. The molecule has 1 aromatic carbocycles. The number of ketones is 1. The van der Waals surface area contributed by atoms with Gasteiger partial charge in [0, 0.05) is 11.5 Å². The van der Waals surface area contributed by atoms with Crippen LogP contribution in [-0.2, 0) is 4.79 Å². The molecule has 122 valence electrons. The molecule has 0 spiro atoms. The maximum atomic E-state index is 12.1. The number of hydrogen-bond acceptors (Lipinski definition) is 4. The summed E-state index contributed by atoms with van der Waals surface area (Å²) in [5.74, 6) is 0.241. The third-order valence-corrected chi connectivity index (χ3v) is 4.46. The second kappa shape index (κ2) is 6.16. The molecule has 0 fully saturated rings. The van der Waals surface area contributed by atoms with E-state index >= 15 is 0 Å². The molecule has 0 aliphatic heterocycles. The number of carbonyl (C=O) groups excluding carboxylic acids is 1. The van der Waals surface area contributed by atoms with Crippen molar-refractivity contribution in [1.29, 1.82) is 0 Å². The number of H-pyrrole nitrogens is 1. The number of hydrogen-bond donors (Lipinski definition) is 2. The molecule has 0 bridgehead atoms. The molecule has 0 saturated heterocycles. The van der Waals surface area contributed by atoms with Gasteiger partial charge in [0.1, 0.15) is 5.75 Å². The molecule has 2 N–H and O–H groups in total. The number of rotatable bonds is 2. The van der Waals surface area contributed by atoms with Gasteiger partial charge in [-0.2, -0.15) is 0 Å². The van der Waals surface area contributed by atoms with Crippen molar-refractivity contribution in [3.63, 3.8) is 0 Å². The van der Waals surface area contributed by atoms with E-state index in [4.69, 9.17) is 0 Å². The minimum Gasteiger partial charge on any atom is -0.507 e. The number of thiazole rings is 1. The van der Waals surface area contributed by atoms with Crippen molar-refractivity contribution in [2.45, 2.75) is 34.6 Å². The lowest BCUT2D eigenvalue weighted by Gasteiger charge is -2.12. The van der Waals surface area contributed by atoms with Crippen molar-refractivity contribution in [2.24, 2.45) is 5.41 Å². The van der Waals surface area contributed by atoms with E-state index in [0.29, 0.717) is 9.20 Å². The van der Waals surface area contributed by atoms with Crippen LogP contribution in [0.15, 0.2) is 16.9 Å². The molecule has 2 aromatic rings. The van der Waals surface area contributed by atoms with Gasteiger partial charge >= 0.3 is 0 Å². The van der Waals surface area contributed by atoms with Crippen LogP contribution in [0.25, 0.3) is 12.2 Å². The summed E-state index contributed by atoms with van der Waals surface area (Å²) < 4.78 is 1.08. The summed E-state index contributed by atoms with van der Waals surface area (Å²) in [4.78, 5) is 26.8. The third kappa shape index (κ3) is 3.99. The molecule has 5 heteroatoms. The maximum absolute atomic E-state index is 12.1. The van der Waals surface area contributed by atoms with E-state index in [1.54, 1.807) is 6.08 Å². The Morgan fingerprint density at radius 1 is 1.22 bits per heavy atom. The predicted molar refractivity (Wildman–Crippen MR) is 94.3 cm³/mol. The fourth-order valence-electron chi connectivity index (χ4n) is 2.08. The van der Waals surface area contributed by atoms with Gasteiger partial charge in [-0.3, -0.25) is 9.59 Å². The molecule has 0 aliphatic carbocycles. The highest BCUT2D eigenvalue weighted by Gasteiger charge is 2.18. The van der Waals surface area contributed by atoms with Crippen LogP contribution in [0.4, 0.5) is 0 Å². The molecule has 0 saturated carbocycles. The van der Waals surface area contributed by atoms with E-state index in [-0.39, 0.29) is 17.1 Å². The van der Waals surface area contributed by atoms with E-state index in [0.717, 1.165) is 16.7 Å². The summed E-state index contributed by atoms with van der Waals surface area (Å²) in [5, 5.41) is 9.81. The summed E-state index contributed by atoms with van der Waals surface area (Å²) in [5.41, 5.74) is 1.68. The van der Waals surface area contributed by atoms with Crippen LogP contribution in [0.2, 0.25) is 0 Å². The highest BCUT2D eigenvalue weighted by Crippen LogP contribution is 2.23. The van der Waals surface area contributed by atoms with E-state index in [2.05, 4.69) is 4.98 Å². The molecular weight excluding hydrogens is 310 g/mol. The number of carbonyl (C=O) groups is 1. The van der Waals surface area contributed by atoms with Crippen LogP contribution in [0.3, 0.4) is 0 Å². The monoisotopic (exact) mass is 331 g/mol. The Balaban J connectivity index is 2.53. The van der Waals surface area contributed by atoms with Crippen molar-refractivity contribution in [3.8, 4) is 5.75 Å². The number of aromatic amines is 1. The highest BCUT2D eigenvalue weighted by molar-refractivity contribution is 7.07. The molecule has 0 amide bonds. The Bertz CT molecular complexity index is 903. The van der Waals surface area contributed by atoms with Crippen molar-refractivity contribution in [2.75, 3.05) is 0 Å². The topological polar surface area (TPSA) is 70.2 Å².